The highest BCUT2D eigenvalue weighted by Gasteiger charge is 2.31. The lowest BCUT2D eigenvalue weighted by Crippen LogP contribution is -2.49. The Morgan fingerprint density at radius 3 is 2.50 bits per heavy atom. The summed E-state index contributed by atoms with van der Waals surface area (Å²) in [6.45, 7) is 6.06. The molecule has 2 heterocycles. The van der Waals surface area contributed by atoms with Crippen molar-refractivity contribution in [2.24, 2.45) is 0 Å². The first-order valence-electron chi connectivity index (χ1n) is 8.51. The number of hydrogen-bond donors (Lipinski definition) is 0. The van der Waals surface area contributed by atoms with Gasteiger partial charge in [0.2, 0.25) is 0 Å². The fourth-order valence-electron chi connectivity index (χ4n) is 3.07. The number of carbonyl (C=O) groups excluding carboxylic acids is 1. The van der Waals surface area contributed by atoms with Crippen molar-refractivity contribution in [1.82, 2.24) is 19.4 Å². The molecule has 0 radical (unpaired) electrons. The van der Waals surface area contributed by atoms with E-state index in [4.69, 9.17) is 0 Å². The molecule has 2 aromatic rings. The highest BCUT2D eigenvalue weighted by atomic mass is 19.4. The zero-order valence-corrected chi connectivity index (χ0v) is 14.5. The number of piperazine rings is 1. The second kappa shape index (κ2) is 7.49. The predicted molar refractivity (Wildman–Crippen MR) is 90.8 cm³/mol. The van der Waals surface area contributed by atoms with E-state index >= 15 is 0 Å². The maximum absolute atomic E-state index is 12.8. The Labute approximate surface area is 150 Å². The van der Waals surface area contributed by atoms with Crippen molar-refractivity contribution in [3.63, 3.8) is 0 Å². The Balaban J connectivity index is 1.54. The van der Waals surface area contributed by atoms with Crippen LogP contribution in [0.15, 0.2) is 36.7 Å². The number of alkyl halides is 3. The maximum atomic E-state index is 12.8. The Hall–Kier alpha value is -2.35. The SMILES string of the molecule is Cc1nccn1CCN1CCN(C(=O)c2cccc(C(F)(F)F)c2)CC1. The molecule has 0 saturated carbocycles. The molecule has 0 unspecified atom stereocenters. The molecule has 1 aliphatic rings. The highest BCUT2D eigenvalue weighted by molar-refractivity contribution is 5.94. The van der Waals surface area contributed by atoms with Gasteiger partial charge in [-0.15, -0.1) is 0 Å². The summed E-state index contributed by atoms with van der Waals surface area (Å²) < 4.78 is 40.5. The second-order valence-electron chi connectivity index (χ2n) is 6.38. The molecule has 5 nitrogen and oxygen atoms in total. The van der Waals surface area contributed by atoms with Crippen LogP contribution in [0, 0.1) is 6.92 Å². The lowest BCUT2D eigenvalue weighted by atomic mass is 10.1. The first-order chi connectivity index (χ1) is 12.3. The molecule has 0 aliphatic carbocycles. The van der Waals surface area contributed by atoms with Gasteiger partial charge in [-0.3, -0.25) is 9.69 Å². The lowest BCUT2D eigenvalue weighted by Gasteiger charge is -2.35. The standard InChI is InChI=1S/C18H21F3N4O/c1-14-22-5-6-24(14)10-7-23-8-11-25(12-9-23)17(26)15-3-2-4-16(13-15)18(19,20)21/h2-6,13H,7-12H2,1H3. The Bertz CT molecular complexity index is 764. The predicted octanol–water partition coefficient (Wildman–Crippen LogP) is 2.67. The van der Waals surface area contributed by atoms with Crippen LogP contribution < -0.4 is 0 Å². The topological polar surface area (TPSA) is 41.4 Å². The average molecular weight is 366 g/mol. The van der Waals surface area contributed by atoms with Crippen LogP contribution in [0.4, 0.5) is 13.2 Å². The first-order valence-corrected chi connectivity index (χ1v) is 8.51. The minimum atomic E-state index is -4.44. The van der Waals surface area contributed by atoms with Crippen molar-refractivity contribution in [1.29, 1.82) is 0 Å². The average Bonchev–Trinajstić information content (AvgIpc) is 3.04. The van der Waals surface area contributed by atoms with Crippen molar-refractivity contribution >= 4 is 5.91 Å². The number of imidazole rings is 1. The third kappa shape index (κ3) is 4.24. The van der Waals surface area contributed by atoms with Gasteiger partial charge in [-0.25, -0.2) is 4.98 Å². The normalized spacial score (nSPS) is 16.1. The molecule has 1 fully saturated rings. The zero-order chi connectivity index (χ0) is 18.7. The van der Waals surface area contributed by atoms with Crippen LogP contribution >= 0.6 is 0 Å². The van der Waals surface area contributed by atoms with Gasteiger partial charge in [0.1, 0.15) is 5.82 Å². The van der Waals surface area contributed by atoms with Crippen LogP contribution in [0.5, 0.6) is 0 Å². The Morgan fingerprint density at radius 1 is 1.15 bits per heavy atom. The van der Waals surface area contributed by atoms with Crippen molar-refractivity contribution in [2.75, 3.05) is 32.7 Å². The maximum Gasteiger partial charge on any atom is 0.416 e. The van der Waals surface area contributed by atoms with Crippen LogP contribution in [-0.4, -0.2) is 58.0 Å². The summed E-state index contributed by atoms with van der Waals surface area (Å²) in [6, 6.07) is 4.62. The van der Waals surface area contributed by atoms with Crippen molar-refractivity contribution < 1.29 is 18.0 Å². The largest absolute Gasteiger partial charge is 0.416 e. The molecule has 0 bridgehead atoms. The van der Waals surface area contributed by atoms with E-state index in [1.165, 1.54) is 12.1 Å². The van der Waals surface area contributed by atoms with Crippen LogP contribution in [0.2, 0.25) is 0 Å². The van der Waals surface area contributed by atoms with Crippen LogP contribution in [0.25, 0.3) is 0 Å². The van der Waals surface area contributed by atoms with Crippen LogP contribution in [0.3, 0.4) is 0 Å². The van der Waals surface area contributed by atoms with Gasteiger partial charge in [0, 0.05) is 57.2 Å². The third-order valence-corrected chi connectivity index (χ3v) is 4.68. The number of nitrogens with zero attached hydrogens (tertiary/aromatic N) is 4. The minimum Gasteiger partial charge on any atom is -0.336 e. The molecule has 0 spiro atoms. The van der Waals surface area contributed by atoms with Crippen LogP contribution in [0.1, 0.15) is 21.7 Å². The lowest BCUT2D eigenvalue weighted by molar-refractivity contribution is -0.137. The molecule has 1 amide bonds. The monoisotopic (exact) mass is 366 g/mol. The van der Waals surface area contributed by atoms with E-state index < -0.39 is 11.7 Å². The van der Waals surface area contributed by atoms with Gasteiger partial charge >= 0.3 is 6.18 Å². The third-order valence-electron chi connectivity index (χ3n) is 4.68. The number of carbonyl (C=O) groups is 1. The number of benzene rings is 1. The van der Waals surface area contributed by atoms with E-state index in [2.05, 4.69) is 14.5 Å². The van der Waals surface area contributed by atoms with Gasteiger partial charge in [0.25, 0.3) is 5.91 Å². The van der Waals surface area contributed by atoms with Crippen molar-refractivity contribution in [2.45, 2.75) is 19.6 Å². The van der Waals surface area contributed by atoms with Gasteiger partial charge in [-0.2, -0.15) is 13.2 Å². The summed E-state index contributed by atoms with van der Waals surface area (Å²) >= 11 is 0. The summed E-state index contributed by atoms with van der Waals surface area (Å²) in [4.78, 5) is 20.6. The molecule has 8 heteroatoms. The minimum absolute atomic E-state index is 0.0855. The highest BCUT2D eigenvalue weighted by Crippen LogP contribution is 2.29. The molecule has 0 atom stereocenters. The van der Waals surface area contributed by atoms with E-state index in [0.717, 1.165) is 31.0 Å². The first kappa shape index (κ1) is 18.4. The van der Waals surface area contributed by atoms with E-state index in [1.807, 2.05) is 13.1 Å². The molecular formula is C18H21F3N4O. The molecule has 1 aromatic carbocycles. The molecule has 140 valence electrons. The van der Waals surface area contributed by atoms with Crippen LogP contribution in [-0.2, 0) is 12.7 Å². The number of hydrogen-bond acceptors (Lipinski definition) is 3. The fourth-order valence-corrected chi connectivity index (χ4v) is 3.07. The van der Waals surface area contributed by atoms with Gasteiger partial charge < -0.3 is 9.47 Å². The molecule has 3 rings (SSSR count). The quantitative estimate of drug-likeness (QED) is 0.836. The number of rotatable bonds is 4. The van der Waals surface area contributed by atoms with Crippen molar-refractivity contribution in [3.05, 3.63) is 53.6 Å². The summed E-state index contributed by atoms with van der Waals surface area (Å²) in [5, 5.41) is 0. The molecular weight excluding hydrogens is 345 g/mol. The molecule has 1 saturated heterocycles. The number of amides is 1. The van der Waals surface area contributed by atoms with E-state index in [9.17, 15) is 18.0 Å². The molecule has 26 heavy (non-hydrogen) atoms. The number of aryl methyl sites for hydroxylation is 1. The summed E-state index contributed by atoms with van der Waals surface area (Å²) in [5.41, 5.74) is -0.708. The Kier molecular flexibility index (Phi) is 5.31. The molecule has 1 aromatic heterocycles. The zero-order valence-electron chi connectivity index (χ0n) is 14.5. The van der Waals surface area contributed by atoms with Gasteiger partial charge in [-0.1, -0.05) is 6.07 Å². The summed E-state index contributed by atoms with van der Waals surface area (Å²) in [7, 11) is 0. The summed E-state index contributed by atoms with van der Waals surface area (Å²) in [5.74, 6) is 0.615. The Morgan fingerprint density at radius 2 is 1.88 bits per heavy atom. The summed E-state index contributed by atoms with van der Waals surface area (Å²) in [6.07, 6.45) is -0.746. The van der Waals surface area contributed by atoms with Gasteiger partial charge in [-0.05, 0) is 25.1 Å². The smallest absolute Gasteiger partial charge is 0.336 e. The molecule has 0 N–H and O–H groups in total. The van der Waals surface area contributed by atoms with Gasteiger partial charge in [0.05, 0.1) is 5.56 Å². The fraction of sp³-hybridized carbons (Fsp3) is 0.444. The second-order valence-corrected chi connectivity index (χ2v) is 6.38. The number of aromatic nitrogens is 2. The van der Waals surface area contributed by atoms with E-state index in [0.29, 0.717) is 26.2 Å². The molecule has 1 aliphatic heterocycles. The van der Waals surface area contributed by atoms with E-state index in [1.54, 1.807) is 11.1 Å². The van der Waals surface area contributed by atoms with Crippen molar-refractivity contribution in [3.8, 4) is 0 Å². The van der Waals surface area contributed by atoms with Gasteiger partial charge in [0.15, 0.2) is 0 Å². The van der Waals surface area contributed by atoms with E-state index in [-0.39, 0.29) is 11.5 Å². The number of halogens is 3.